The Morgan fingerprint density at radius 3 is 2.39 bits per heavy atom. The summed E-state index contributed by atoms with van der Waals surface area (Å²) in [5, 5.41) is 6.80. The largest absolute Gasteiger partial charge is 0.326 e. The van der Waals surface area contributed by atoms with Crippen molar-refractivity contribution in [1.82, 2.24) is 9.73 Å². The van der Waals surface area contributed by atoms with Crippen LogP contribution in [0.2, 0.25) is 5.02 Å². The Balaban J connectivity index is 1.98. The first-order chi connectivity index (χ1) is 13.2. The summed E-state index contributed by atoms with van der Waals surface area (Å²) in [6.45, 7) is 0.931. The molecule has 0 bridgehead atoms. The van der Waals surface area contributed by atoms with Crippen LogP contribution in [-0.4, -0.2) is 44.3 Å². The van der Waals surface area contributed by atoms with Gasteiger partial charge in [-0.15, -0.1) is 0 Å². The highest BCUT2D eigenvalue weighted by Gasteiger charge is 2.22. The number of nitrogens with zero attached hydrogens (tertiary/aromatic N) is 2. The predicted octanol–water partition coefficient (Wildman–Crippen LogP) is 2.07. The van der Waals surface area contributed by atoms with Gasteiger partial charge in [-0.2, -0.15) is 9.41 Å². The molecule has 0 saturated carbocycles. The number of halogens is 1. The minimum absolute atomic E-state index is 0.00327. The number of carbonyl (C=O) groups is 2. The summed E-state index contributed by atoms with van der Waals surface area (Å²) in [6.07, 6.45) is 1.37. The van der Waals surface area contributed by atoms with E-state index >= 15 is 0 Å². The minimum Gasteiger partial charge on any atom is -0.326 e. The molecule has 0 aliphatic rings. The Labute approximate surface area is 168 Å². The van der Waals surface area contributed by atoms with Crippen molar-refractivity contribution in [3.05, 3.63) is 59.1 Å². The van der Waals surface area contributed by atoms with Gasteiger partial charge in [0.05, 0.1) is 17.7 Å². The van der Waals surface area contributed by atoms with Crippen molar-refractivity contribution in [3.63, 3.8) is 0 Å². The summed E-state index contributed by atoms with van der Waals surface area (Å²) in [4.78, 5) is 23.0. The van der Waals surface area contributed by atoms with Crippen molar-refractivity contribution in [1.29, 1.82) is 0 Å². The molecule has 0 radical (unpaired) electrons. The predicted molar refractivity (Wildman–Crippen MR) is 108 cm³/mol. The lowest BCUT2D eigenvalue weighted by Gasteiger charge is -2.16. The van der Waals surface area contributed by atoms with E-state index in [2.05, 4.69) is 15.8 Å². The Hall–Kier alpha value is -2.75. The molecule has 0 aliphatic heterocycles. The standard InChI is InChI=1S/C18H19ClN4O4S/c1-13(24)21-15-7-9-16(10-8-15)28(26,27)23(2)12-18(25)22-20-11-14-5-3-4-6-17(14)19/h3-11H,12H2,1-2H3,(H,21,24)(H,22,25). The molecular weight excluding hydrogens is 404 g/mol. The lowest BCUT2D eigenvalue weighted by molar-refractivity contribution is -0.121. The molecule has 2 N–H and O–H groups in total. The van der Waals surface area contributed by atoms with E-state index in [-0.39, 0.29) is 10.8 Å². The zero-order valence-electron chi connectivity index (χ0n) is 15.2. The molecule has 0 atom stereocenters. The van der Waals surface area contributed by atoms with Gasteiger partial charge >= 0.3 is 0 Å². The van der Waals surface area contributed by atoms with Gasteiger partial charge in [-0.25, -0.2) is 13.8 Å². The van der Waals surface area contributed by atoms with Crippen LogP contribution in [0.1, 0.15) is 12.5 Å². The van der Waals surface area contributed by atoms with Gasteiger partial charge < -0.3 is 5.32 Å². The van der Waals surface area contributed by atoms with E-state index in [4.69, 9.17) is 11.6 Å². The van der Waals surface area contributed by atoms with Crippen LogP contribution in [-0.2, 0) is 19.6 Å². The number of nitrogens with one attached hydrogen (secondary N) is 2. The Morgan fingerprint density at radius 1 is 1.14 bits per heavy atom. The molecule has 2 amide bonds. The maximum atomic E-state index is 12.5. The first-order valence-electron chi connectivity index (χ1n) is 8.10. The molecule has 0 aromatic heterocycles. The zero-order chi connectivity index (χ0) is 20.7. The number of sulfonamides is 1. The fraction of sp³-hybridized carbons (Fsp3) is 0.167. The molecule has 0 unspecified atom stereocenters. The molecule has 0 spiro atoms. The van der Waals surface area contributed by atoms with Gasteiger partial charge in [0, 0.05) is 30.2 Å². The van der Waals surface area contributed by atoms with Gasteiger partial charge in [0.25, 0.3) is 5.91 Å². The Morgan fingerprint density at radius 2 is 1.79 bits per heavy atom. The van der Waals surface area contributed by atoms with Crippen LogP contribution in [0, 0.1) is 0 Å². The van der Waals surface area contributed by atoms with Crippen LogP contribution in [0.4, 0.5) is 5.69 Å². The number of hydrogen-bond donors (Lipinski definition) is 2. The molecule has 0 aliphatic carbocycles. The average molecular weight is 423 g/mol. The SMILES string of the molecule is CC(=O)Nc1ccc(S(=O)(=O)N(C)CC(=O)NN=Cc2ccccc2Cl)cc1. The number of hydrazone groups is 1. The molecule has 0 saturated heterocycles. The number of anilines is 1. The average Bonchev–Trinajstić information content (AvgIpc) is 2.63. The highest BCUT2D eigenvalue weighted by molar-refractivity contribution is 7.89. The maximum Gasteiger partial charge on any atom is 0.255 e. The molecule has 28 heavy (non-hydrogen) atoms. The van der Waals surface area contributed by atoms with Crippen LogP contribution in [0.5, 0.6) is 0 Å². The van der Waals surface area contributed by atoms with Gasteiger partial charge in [-0.3, -0.25) is 9.59 Å². The Kier molecular flexibility index (Phi) is 7.27. The van der Waals surface area contributed by atoms with E-state index in [1.165, 1.54) is 44.5 Å². The number of likely N-dealkylation sites (N-methyl/N-ethyl adjacent to an activating group) is 1. The number of rotatable bonds is 7. The molecule has 2 aromatic carbocycles. The van der Waals surface area contributed by atoms with Crippen LogP contribution >= 0.6 is 11.6 Å². The fourth-order valence-corrected chi connectivity index (χ4v) is 3.48. The van der Waals surface area contributed by atoms with Crippen molar-refractivity contribution < 1.29 is 18.0 Å². The molecule has 0 fully saturated rings. The van der Waals surface area contributed by atoms with Crippen LogP contribution in [0.3, 0.4) is 0 Å². The van der Waals surface area contributed by atoms with Gasteiger partial charge in [0.1, 0.15) is 0 Å². The lowest BCUT2D eigenvalue weighted by Crippen LogP contribution is -2.36. The van der Waals surface area contributed by atoms with E-state index in [0.29, 0.717) is 16.3 Å². The number of hydrogen-bond acceptors (Lipinski definition) is 5. The molecule has 8 nitrogen and oxygen atoms in total. The summed E-state index contributed by atoms with van der Waals surface area (Å²) in [5.41, 5.74) is 3.35. The van der Waals surface area contributed by atoms with Crippen molar-refractivity contribution >= 4 is 45.3 Å². The fourth-order valence-electron chi connectivity index (χ4n) is 2.17. The topological polar surface area (TPSA) is 108 Å². The quantitative estimate of drug-likeness (QED) is 0.526. The molecular formula is C18H19ClN4O4S. The first-order valence-corrected chi connectivity index (χ1v) is 9.92. The van der Waals surface area contributed by atoms with Crippen molar-refractivity contribution in [3.8, 4) is 0 Å². The minimum atomic E-state index is -3.88. The van der Waals surface area contributed by atoms with Gasteiger partial charge in [0.15, 0.2) is 0 Å². The highest BCUT2D eigenvalue weighted by atomic mass is 35.5. The van der Waals surface area contributed by atoms with E-state index < -0.39 is 22.5 Å². The molecule has 2 aromatic rings. The van der Waals surface area contributed by atoms with Crippen molar-refractivity contribution in [2.24, 2.45) is 5.10 Å². The number of benzene rings is 2. The van der Waals surface area contributed by atoms with E-state index in [9.17, 15) is 18.0 Å². The van der Waals surface area contributed by atoms with E-state index in [1.807, 2.05) is 0 Å². The molecule has 0 heterocycles. The first kappa shape index (κ1) is 21.5. The van der Waals surface area contributed by atoms with Gasteiger partial charge in [0.2, 0.25) is 15.9 Å². The summed E-state index contributed by atoms with van der Waals surface area (Å²) in [6, 6.07) is 12.6. The summed E-state index contributed by atoms with van der Waals surface area (Å²) >= 11 is 5.98. The molecule has 2 rings (SSSR count). The van der Waals surface area contributed by atoms with Crippen molar-refractivity contribution in [2.75, 3.05) is 18.9 Å². The second-order valence-corrected chi connectivity index (χ2v) is 8.23. The van der Waals surface area contributed by atoms with E-state index in [1.54, 1.807) is 24.3 Å². The lowest BCUT2D eigenvalue weighted by atomic mass is 10.2. The third kappa shape index (κ3) is 5.88. The van der Waals surface area contributed by atoms with Crippen LogP contribution < -0.4 is 10.7 Å². The van der Waals surface area contributed by atoms with Crippen LogP contribution in [0.25, 0.3) is 0 Å². The summed E-state index contributed by atoms with van der Waals surface area (Å²) in [5.74, 6) is -0.869. The van der Waals surface area contributed by atoms with Gasteiger partial charge in [-0.1, -0.05) is 29.8 Å². The third-order valence-electron chi connectivity index (χ3n) is 3.55. The Bertz CT molecular complexity index is 991. The maximum absolute atomic E-state index is 12.5. The van der Waals surface area contributed by atoms with Crippen molar-refractivity contribution in [2.45, 2.75) is 11.8 Å². The van der Waals surface area contributed by atoms with Crippen LogP contribution in [0.15, 0.2) is 58.5 Å². The number of carbonyl (C=O) groups excluding carboxylic acids is 2. The van der Waals surface area contributed by atoms with E-state index in [0.717, 1.165) is 4.31 Å². The van der Waals surface area contributed by atoms with Gasteiger partial charge in [-0.05, 0) is 30.3 Å². The molecule has 10 heteroatoms. The normalized spacial score (nSPS) is 11.6. The number of amides is 2. The summed E-state index contributed by atoms with van der Waals surface area (Å²) in [7, 11) is -2.59. The summed E-state index contributed by atoms with van der Waals surface area (Å²) < 4.78 is 26.0. The smallest absolute Gasteiger partial charge is 0.255 e. The highest BCUT2D eigenvalue weighted by Crippen LogP contribution is 2.17. The molecule has 148 valence electrons. The second-order valence-electron chi connectivity index (χ2n) is 5.78. The monoisotopic (exact) mass is 422 g/mol. The zero-order valence-corrected chi connectivity index (χ0v) is 16.8. The second kappa shape index (κ2) is 9.45. The third-order valence-corrected chi connectivity index (χ3v) is 5.71.